The van der Waals surface area contributed by atoms with Gasteiger partial charge in [0, 0.05) is 58.8 Å². The predicted octanol–water partition coefficient (Wildman–Crippen LogP) is 5.61. The first-order valence-electron chi connectivity index (χ1n) is 13.1. The van der Waals surface area contributed by atoms with Crippen LogP contribution in [0.15, 0.2) is 77.3 Å². The molecular weight excluding hydrogens is 573 g/mol. The van der Waals surface area contributed by atoms with Crippen LogP contribution in [0.1, 0.15) is 10.4 Å². The summed E-state index contributed by atoms with van der Waals surface area (Å²) in [4.78, 5) is 16.5. The number of sulfonamides is 1. The van der Waals surface area contributed by atoms with Gasteiger partial charge in [0.1, 0.15) is 22.9 Å². The van der Waals surface area contributed by atoms with Crippen molar-refractivity contribution in [1.82, 2.24) is 20.5 Å². The van der Waals surface area contributed by atoms with Crippen LogP contribution in [0.3, 0.4) is 0 Å². The number of amides is 1. The zero-order chi connectivity index (χ0) is 30.5. The van der Waals surface area contributed by atoms with Crippen LogP contribution in [-0.4, -0.2) is 57.0 Å². The summed E-state index contributed by atoms with van der Waals surface area (Å²) in [5.41, 5.74) is 4.31. The van der Waals surface area contributed by atoms with E-state index in [0.29, 0.717) is 33.5 Å². The number of methoxy groups -OCH3 is 1. The summed E-state index contributed by atoms with van der Waals surface area (Å²) in [5.74, 6) is 0.0578. The fourth-order valence-electron chi connectivity index (χ4n) is 5.04. The van der Waals surface area contributed by atoms with E-state index in [9.17, 15) is 17.6 Å². The number of nitrogens with one attached hydrogen (secondary N) is 2. The average Bonchev–Trinajstić information content (AvgIpc) is 3.61. The zero-order valence-electron chi connectivity index (χ0n) is 23.6. The molecule has 0 radical (unpaired) electrons. The molecule has 218 valence electrons. The molecule has 6 rings (SSSR count). The van der Waals surface area contributed by atoms with Gasteiger partial charge in [-0.05, 0) is 54.6 Å². The fraction of sp³-hybridized carbons (Fsp3) is 0.129. The van der Waals surface area contributed by atoms with Crippen molar-refractivity contribution >= 4 is 43.5 Å². The Kier molecular flexibility index (Phi) is 6.85. The maximum atomic E-state index is 13.7. The Labute approximate surface area is 246 Å². The maximum absolute atomic E-state index is 13.7. The third kappa shape index (κ3) is 4.95. The first kappa shape index (κ1) is 27.9. The summed E-state index contributed by atoms with van der Waals surface area (Å²) < 4.78 is 51.9. The van der Waals surface area contributed by atoms with Crippen LogP contribution in [0.5, 0.6) is 5.75 Å². The predicted molar refractivity (Wildman–Crippen MR) is 163 cm³/mol. The highest BCUT2D eigenvalue weighted by Crippen LogP contribution is 2.41. The van der Waals surface area contributed by atoms with Crippen molar-refractivity contribution in [1.29, 1.82) is 0 Å². The number of rotatable bonds is 7. The lowest BCUT2D eigenvalue weighted by molar-refractivity contribution is 0.0964. The van der Waals surface area contributed by atoms with Gasteiger partial charge in [0.15, 0.2) is 0 Å². The third-order valence-electron chi connectivity index (χ3n) is 7.29. The molecule has 0 atom stereocenters. The number of furan rings is 1. The molecule has 2 N–H and O–H groups in total. The Morgan fingerprint density at radius 1 is 1.05 bits per heavy atom. The minimum atomic E-state index is -3.72. The molecule has 0 spiro atoms. The molecule has 3 aromatic carbocycles. The molecule has 1 amide bonds. The number of halogens is 1. The number of aromatic nitrogens is 3. The monoisotopic (exact) mass is 599 g/mol. The fourth-order valence-corrected chi connectivity index (χ4v) is 5.55. The number of fused-ring (bicyclic) bond motifs is 2. The molecule has 43 heavy (non-hydrogen) atoms. The van der Waals surface area contributed by atoms with Gasteiger partial charge in [0.25, 0.3) is 5.91 Å². The summed E-state index contributed by atoms with van der Waals surface area (Å²) in [7, 11) is 0.798. The molecule has 3 heterocycles. The molecule has 6 aromatic rings. The molecule has 0 aliphatic carbocycles. The van der Waals surface area contributed by atoms with E-state index < -0.39 is 21.7 Å². The molecule has 0 unspecified atom stereocenters. The average molecular weight is 600 g/mol. The van der Waals surface area contributed by atoms with Crippen molar-refractivity contribution in [2.75, 3.05) is 31.8 Å². The number of carbonyl (C=O) groups is 1. The number of ether oxygens (including phenoxy) is 1. The van der Waals surface area contributed by atoms with Gasteiger partial charge in [0.2, 0.25) is 10.0 Å². The van der Waals surface area contributed by atoms with Crippen LogP contribution >= 0.6 is 0 Å². The van der Waals surface area contributed by atoms with Crippen LogP contribution in [0.4, 0.5) is 10.1 Å². The highest BCUT2D eigenvalue weighted by atomic mass is 32.2. The molecule has 0 saturated carbocycles. The Bertz CT molecular complexity index is 2140. The smallest absolute Gasteiger partial charge is 0.255 e. The molecule has 12 heteroatoms. The molecule has 0 aliphatic heterocycles. The number of hydrogen-bond acceptors (Lipinski definition) is 7. The Balaban J connectivity index is 1.59. The number of anilines is 1. The number of hydrogen-bond donors (Lipinski definition) is 2. The SMILES string of the molecule is CNC(=O)c1c(-c2ccc(F)cc2)oc2cc(N(C)S(C)(=O)=O)c(-c3cc(-c4cc5c(OC)cccc5[nH]4)cnn3)cc12. The van der Waals surface area contributed by atoms with Crippen LogP contribution in [-0.2, 0) is 10.0 Å². The minimum absolute atomic E-state index is 0.214. The van der Waals surface area contributed by atoms with Gasteiger partial charge < -0.3 is 19.5 Å². The minimum Gasteiger partial charge on any atom is -0.496 e. The number of nitrogens with zero attached hydrogens (tertiary/aromatic N) is 3. The van der Waals surface area contributed by atoms with Crippen LogP contribution in [0.25, 0.3) is 55.7 Å². The topological polar surface area (TPSA) is 130 Å². The lowest BCUT2D eigenvalue weighted by Crippen LogP contribution is -2.25. The van der Waals surface area contributed by atoms with E-state index in [4.69, 9.17) is 9.15 Å². The van der Waals surface area contributed by atoms with Crippen molar-refractivity contribution in [2.24, 2.45) is 0 Å². The highest BCUT2D eigenvalue weighted by molar-refractivity contribution is 7.92. The van der Waals surface area contributed by atoms with E-state index in [1.54, 1.807) is 31.5 Å². The van der Waals surface area contributed by atoms with Gasteiger partial charge in [-0.15, -0.1) is 0 Å². The van der Waals surface area contributed by atoms with Gasteiger partial charge in [-0.1, -0.05) is 6.07 Å². The number of H-pyrrole nitrogens is 1. The van der Waals surface area contributed by atoms with Crippen molar-refractivity contribution in [2.45, 2.75) is 0 Å². The molecular formula is C31H26FN5O5S. The standard InChI is InChI=1S/C31H26FN5O5S/c1-33-31(38)29-22-13-20(25-12-18(16-34-36-25)24-14-21-23(35-24)6-5-7-27(21)41-3)26(37(2)43(4,39)40)15-28(22)42-30(29)17-8-10-19(32)11-9-17/h5-16,35H,1-4H3,(H,33,38). The molecule has 0 bridgehead atoms. The molecule has 0 fully saturated rings. The van der Waals surface area contributed by atoms with E-state index in [-0.39, 0.29) is 22.6 Å². The normalized spacial score (nSPS) is 11.7. The highest BCUT2D eigenvalue weighted by Gasteiger charge is 2.26. The molecule has 10 nitrogen and oxygen atoms in total. The first-order chi connectivity index (χ1) is 20.6. The van der Waals surface area contributed by atoms with Crippen LogP contribution in [0.2, 0.25) is 0 Å². The number of aromatic amines is 1. The van der Waals surface area contributed by atoms with Crippen LogP contribution in [0, 0.1) is 5.82 Å². The zero-order valence-corrected chi connectivity index (χ0v) is 24.4. The van der Waals surface area contributed by atoms with Crippen molar-refractivity contribution in [3.05, 3.63) is 84.3 Å². The van der Waals surface area contributed by atoms with Gasteiger partial charge in [0.05, 0.1) is 36.5 Å². The number of carbonyl (C=O) groups excluding carboxylic acids is 1. The van der Waals surface area contributed by atoms with Gasteiger partial charge in [-0.3, -0.25) is 9.10 Å². The second kappa shape index (κ2) is 10.6. The van der Waals surface area contributed by atoms with Gasteiger partial charge in [-0.2, -0.15) is 10.2 Å². The Morgan fingerprint density at radius 2 is 1.81 bits per heavy atom. The summed E-state index contributed by atoms with van der Waals surface area (Å²) in [6.07, 6.45) is 2.68. The van der Waals surface area contributed by atoms with E-state index >= 15 is 0 Å². The summed E-state index contributed by atoms with van der Waals surface area (Å²) in [6, 6.07) is 18.2. The van der Waals surface area contributed by atoms with Crippen molar-refractivity contribution < 1.29 is 26.8 Å². The summed E-state index contributed by atoms with van der Waals surface area (Å²) >= 11 is 0. The van der Waals surface area contributed by atoms with E-state index in [2.05, 4.69) is 20.5 Å². The largest absolute Gasteiger partial charge is 0.496 e. The lowest BCUT2D eigenvalue weighted by atomic mass is 10.00. The van der Waals surface area contributed by atoms with E-state index in [1.807, 2.05) is 24.3 Å². The molecule has 0 aliphatic rings. The van der Waals surface area contributed by atoms with Crippen molar-refractivity contribution in [3.8, 4) is 39.6 Å². The molecule has 0 saturated heterocycles. The van der Waals surface area contributed by atoms with E-state index in [1.165, 1.54) is 38.4 Å². The summed E-state index contributed by atoms with van der Waals surface area (Å²) in [6.45, 7) is 0. The van der Waals surface area contributed by atoms with Gasteiger partial charge in [-0.25, -0.2) is 12.8 Å². The second-order valence-corrected chi connectivity index (χ2v) is 11.9. The third-order valence-corrected chi connectivity index (χ3v) is 8.48. The van der Waals surface area contributed by atoms with Gasteiger partial charge >= 0.3 is 0 Å². The first-order valence-corrected chi connectivity index (χ1v) is 15.0. The second-order valence-electron chi connectivity index (χ2n) is 9.92. The van der Waals surface area contributed by atoms with Crippen molar-refractivity contribution in [3.63, 3.8) is 0 Å². The Hall–Kier alpha value is -5.23. The number of benzene rings is 3. The maximum Gasteiger partial charge on any atom is 0.255 e. The quantitative estimate of drug-likeness (QED) is 0.244. The lowest BCUT2D eigenvalue weighted by Gasteiger charge is -2.20. The Morgan fingerprint density at radius 3 is 2.51 bits per heavy atom. The van der Waals surface area contributed by atoms with E-state index in [0.717, 1.165) is 27.2 Å². The molecule has 3 aromatic heterocycles. The summed E-state index contributed by atoms with van der Waals surface area (Å²) in [5, 5.41) is 12.5. The van der Waals surface area contributed by atoms with Crippen LogP contribution < -0.4 is 14.4 Å².